The largest absolute Gasteiger partial charge is 1.00 e. The summed E-state index contributed by atoms with van der Waals surface area (Å²) in [7, 11) is 0. The van der Waals surface area contributed by atoms with E-state index in [4.69, 9.17) is 9.47 Å². The third kappa shape index (κ3) is 14.2. The van der Waals surface area contributed by atoms with Crippen LogP contribution in [0.3, 0.4) is 0 Å². The summed E-state index contributed by atoms with van der Waals surface area (Å²) in [5, 5.41) is 53.4. The van der Waals surface area contributed by atoms with E-state index in [-0.39, 0.29) is 103 Å². The summed E-state index contributed by atoms with van der Waals surface area (Å²) in [5.74, 6) is -8.37. The van der Waals surface area contributed by atoms with Crippen molar-refractivity contribution in [1.82, 2.24) is 16.0 Å². The average Bonchev–Trinajstić information content (AvgIpc) is 3.15. The molecule has 6 atom stereocenters. The minimum Gasteiger partial charge on any atom is -0.550 e. The van der Waals surface area contributed by atoms with Crippen LogP contribution in [0.1, 0.15) is 65.3 Å². The number of halogens is 3. The Morgan fingerprint density at radius 1 is 0.842 bits per heavy atom. The first kappa shape index (κ1) is 49.8. The second kappa shape index (κ2) is 22.7. The molecular weight excluding hydrogens is 777 g/mol. The fourth-order valence-corrected chi connectivity index (χ4v) is 6.04. The number of alkyl halides is 3. The van der Waals surface area contributed by atoms with Gasteiger partial charge in [-0.2, -0.15) is 13.2 Å². The number of rotatable bonds is 17. The number of carbonyl (C=O) groups excluding carboxylic acids is 5. The Hall–Kier alpha value is -3.36. The second-order valence-corrected chi connectivity index (χ2v) is 13.0. The van der Waals surface area contributed by atoms with Crippen LogP contribution in [-0.4, -0.2) is 89.2 Å². The Kier molecular flexibility index (Phi) is 19.8. The molecule has 1 saturated heterocycles. The van der Waals surface area contributed by atoms with Crippen molar-refractivity contribution in [3.8, 4) is 11.1 Å². The van der Waals surface area contributed by atoms with Crippen molar-refractivity contribution in [2.45, 2.75) is 81.4 Å². The molecule has 0 aromatic heterocycles. The van der Waals surface area contributed by atoms with Crippen LogP contribution in [0.15, 0.2) is 78.9 Å². The number of aliphatic hydroxyl groups excluding tert-OH is 2. The van der Waals surface area contributed by atoms with Crippen molar-refractivity contribution in [1.29, 1.82) is 0 Å². The van der Waals surface area contributed by atoms with Gasteiger partial charge in [-0.25, -0.2) is 0 Å². The molecule has 1 aliphatic heterocycles. The zero-order chi connectivity index (χ0) is 40.3. The second-order valence-electron chi connectivity index (χ2n) is 13.0. The molecule has 3 aromatic rings. The predicted octanol–water partition coefficient (Wildman–Crippen LogP) is -5.30. The first-order valence-corrected chi connectivity index (χ1v) is 17.3. The summed E-state index contributed by atoms with van der Waals surface area (Å²) < 4.78 is 50.9. The molecule has 3 amide bonds. The smallest absolute Gasteiger partial charge is 0.550 e. The fourth-order valence-electron chi connectivity index (χ4n) is 6.04. The minimum absolute atomic E-state index is 0. The van der Waals surface area contributed by atoms with Crippen LogP contribution >= 0.6 is 0 Å². The molecule has 3 aromatic carbocycles. The Morgan fingerprint density at radius 2 is 1.42 bits per heavy atom. The number of ether oxygens (including phenoxy) is 2. The molecule has 0 unspecified atom stereocenters. The molecular formula is C38H40F3N3Na2O11. The molecule has 0 aliphatic carbocycles. The van der Waals surface area contributed by atoms with E-state index in [2.05, 4.69) is 16.0 Å². The van der Waals surface area contributed by atoms with Gasteiger partial charge in [0.25, 0.3) is 11.8 Å². The SMILES string of the molecule is CC(=O)N[C@H]1[C@H]([C@H](O)[C@H](O)CNC(=O)c2ccc(-c3ccccc3)cc2)O[C@@](OCCCCCC(=O)[O-])(C(=O)[O-])C[C@@H]1NC(=O)c1ccc(C(F)(F)F)cc1.[Na+].[Na+]. The molecule has 14 nitrogen and oxygen atoms in total. The predicted molar refractivity (Wildman–Crippen MR) is 183 cm³/mol. The van der Waals surface area contributed by atoms with Crippen LogP contribution in [0.2, 0.25) is 0 Å². The summed E-state index contributed by atoms with van der Waals surface area (Å²) in [6.07, 6.45) is -11.0. The molecule has 5 N–H and O–H groups in total. The van der Waals surface area contributed by atoms with E-state index in [1.807, 2.05) is 30.3 Å². The van der Waals surface area contributed by atoms with Gasteiger partial charge in [0.2, 0.25) is 11.7 Å². The monoisotopic (exact) mass is 817 g/mol. The summed E-state index contributed by atoms with van der Waals surface area (Å²) in [5.41, 5.74) is 0.647. The van der Waals surface area contributed by atoms with E-state index >= 15 is 0 Å². The molecule has 1 heterocycles. The summed E-state index contributed by atoms with van der Waals surface area (Å²) in [6, 6.07) is 16.0. The third-order valence-corrected chi connectivity index (χ3v) is 8.89. The molecule has 19 heteroatoms. The fraction of sp³-hybridized carbons (Fsp3) is 0.395. The maximum atomic E-state index is 13.3. The van der Waals surface area contributed by atoms with Gasteiger partial charge in [-0.05, 0) is 66.8 Å². The van der Waals surface area contributed by atoms with Crippen molar-refractivity contribution in [2.75, 3.05) is 13.2 Å². The Labute approximate surface area is 370 Å². The number of hydrogen-bond donors (Lipinski definition) is 5. The van der Waals surface area contributed by atoms with Gasteiger partial charge >= 0.3 is 65.3 Å². The molecule has 1 fully saturated rings. The zero-order valence-corrected chi connectivity index (χ0v) is 35.5. The number of carboxylic acids is 2. The first-order valence-electron chi connectivity index (χ1n) is 17.3. The van der Waals surface area contributed by atoms with E-state index < -0.39 is 90.5 Å². The first-order chi connectivity index (χ1) is 26.0. The summed E-state index contributed by atoms with van der Waals surface area (Å²) in [4.78, 5) is 62.2. The topological polar surface area (TPSA) is 226 Å². The summed E-state index contributed by atoms with van der Waals surface area (Å²) >= 11 is 0. The number of carboxylic acid groups (broad SMARTS) is 2. The van der Waals surface area contributed by atoms with E-state index in [0.717, 1.165) is 30.2 Å². The van der Waals surface area contributed by atoms with E-state index in [0.29, 0.717) is 12.1 Å². The van der Waals surface area contributed by atoms with Crippen LogP contribution in [0.5, 0.6) is 0 Å². The van der Waals surface area contributed by atoms with Gasteiger partial charge < -0.3 is 55.4 Å². The quantitative estimate of drug-likeness (QED) is 0.0639. The van der Waals surface area contributed by atoms with Crippen LogP contribution < -0.4 is 85.3 Å². The average molecular weight is 818 g/mol. The van der Waals surface area contributed by atoms with Crippen molar-refractivity contribution < 1.29 is 126 Å². The van der Waals surface area contributed by atoms with Gasteiger partial charge in [0, 0.05) is 37.0 Å². The van der Waals surface area contributed by atoms with Gasteiger partial charge in [-0.15, -0.1) is 0 Å². The molecule has 0 bridgehead atoms. The molecule has 0 spiro atoms. The van der Waals surface area contributed by atoms with Gasteiger partial charge in [0.1, 0.15) is 18.2 Å². The van der Waals surface area contributed by atoms with E-state index in [1.165, 1.54) is 0 Å². The number of aliphatic hydroxyl groups is 2. The summed E-state index contributed by atoms with van der Waals surface area (Å²) in [6.45, 7) is 0.116. The standard InChI is InChI=1S/C38H42F3N3O11.2Na/c1-22(45)43-31-28(44-35(51)26-15-17-27(18-16-26)38(39,40)41)20-37(36(52)53,54-19-7-3-6-10-30(47)48)55-33(31)32(49)29(46)21-42-34(50)25-13-11-24(12-14-25)23-8-4-2-5-9-23;;/h2,4-5,8-9,11-18,28-29,31-33,46,49H,3,6-7,10,19-21H2,1H3,(H,42,50)(H,43,45)(H,44,51)(H,47,48)(H,52,53);;/q;2*+1/p-2/t28-,29+,31+,32+,33+,37+;;/m0../s1. The Bertz CT molecular complexity index is 1810. The maximum Gasteiger partial charge on any atom is 1.00 e. The number of carbonyl (C=O) groups is 5. The van der Waals surface area contributed by atoms with Crippen molar-refractivity contribution in [3.63, 3.8) is 0 Å². The van der Waals surface area contributed by atoms with Crippen molar-refractivity contribution in [3.05, 3.63) is 95.6 Å². The van der Waals surface area contributed by atoms with Crippen molar-refractivity contribution in [2.24, 2.45) is 0 Å². The van der Waals surface area contributed by atoms with Gasteiger partial charge in [-0.3, -0.25) is 14.4 Å². The Balaban J connectivity index is 0.00000561. The number of aliphatic carboxylic acids is 2. The van der Waals surface area contributed by atoms with Crippen LogP contribution in [0.4, 0.5) is 13.2 Å². The molecule has 0 saturated carbocycles. The maximum absolute atomic E-state index is 13.3. The van der Waals surface area contributed by atoms with Crippen LogP contribution in [-0.2, 0) is 30.0 Å². The van der Waals surface area contributed by atoms with E-state index in [1.54, 1.807) is 24.3 Å². The van der Waals surface area contributed by atoms with Crippen molar-refractivity contribution >= 4 is 29.7 Å². The normalized spacial score (nSPS) is 20.1. The van der Waals surface area contributed by atoms with Gasteiger partial charge in [-0.1, -0.05) is 48.9 Å². The number of nitrogens with one attached hydrogen (secondary N) is 3. The Morgan fingerprint density at radius 3 is 1.98 bits per heavy atom. The van der Waals surface area contributed by atoms with Gasteiger partial charge in [0.05, 0.1) is 30.4 Å². The molecule has 0 radical (unpaired) electrons. The number of unbranched alkanes of at least 4 members (excludes halogenated alkanes) is 2. The van der Waals surface area contributed by atoms with E-state index in [9.17, 15) is 57.6 Å². The van der Waals surface area contributed by atoms with Crippen LogP contribution in [0.25, 0.3) is 11.1 Å². The molecule has 57 heavy (non-hydrogen) atoms. The number of amides is 3. The third-order valence-electron chi connectivity index (χ3n) is 8.89. The zero-order valence-electron chi connectivity index (χ0n) is 31.5. The minimum atomic E-state index is -4.70. The number of hydrogen-bond acceptors (Lipinski definition) is 11. The molecule has 1 aliphatic rings. The molecule has 296 valence electrons. The van der Waals surface area contributed by atoms with Crippen LogP contribution in [0, 0.1) is 0 Å². The van der Waals surface area contributed by atoms with Gasteiger partial charge in [0.15, 0.2) is 0 Å². The number of benzene rings is 3. The molecule has 4 rings (SSSR count).